The summed E-state index contributed by atoms with van der Waals surface area (Å²) in [6.07, 6.45) is -3.27. The lowest BCUT2D eigenvalue weighted by Crippen LogP contribution is -2.52. The molecule has 152 valence electrons. The maximum absolute atomic E-state index is 12.4. The Morgan fingerprint density at radius 3 is 2.00 bits per heavy atom. The van der Waals surface area contributed by atoms with E-state index in [0.29, 0.717) is 5.56 Å². The molecule has 0 radical (unpaired) electrons. The largest absolute Gasteiger partial charge is 0.457 e. The number of methoxy groups -OCH3 is 1. The summed E-state index contributed by atoms with van der Waals surface area (Å²) in [6.45, 7) is -0.235. The number of hydrogen-bond acceptors (Lipinski definition) is 7. The molecule has 0 saturated heterocycles. The lowest BCUT2D eigenvalue weighted by Gasteiger charge is -2.36. The second kappa shape index (κ2) is 9.47. The molecule has 0 aromatic heterocycles. The van der Waals surface area contributed by atoms with Crippen molar-refractivity contribution in [2.24, 2.45) is 0 Å². The highest BCUT2D eigenvalue weighted by atomic mass is 16.6. The van der Waals surface area contributed by atoms with Crippen LogP contribution in [0.15, 0.2) is 72.3 Å². The summed E-state index contributed by atoms with van der Waals surface area (Å²) in [5, 5.41) is 21.1. The minimum Gasteiger partial charge on any atom is -0.457 e. The number of aliphatic hydroxyl groups excluding tert-OH is 2. The van der Waals surface area contributed by atoms with Gasteiger partial charge in [0.1, 0.15) is 24.9 Å². The van der Waals surface area contributed by atoms with Crippen molar-refractivity contribution in [1.82, 2.24) is 0 Å². The zero-order valence-electron chi connectivity index (χ0n) is 15.8. The molecule has 0 aliphatic heterocycles. The normalized spacial score (nSPS) is 23.8. The molecule has 1 aliphatic carbocycles. The molecule has 7 heteroatoms. The van der Waals surface area contributed by atoms with Gasteiger partial charge in [0, 0.05) is 7.11 Å². The average Bonchev–Trinajstić information content (AvgIpc) is 2.77. The quantitative estimate of drug-likeness (QED) is 0.564. The van der Waals surface area contributed by atoms with E-state index in [0.717, 1.165) is 0 Å². The maximum atomic E-state index is 12.4. The minimum absolute atomic E-state index is 0.235. The first-order valence-corrected chi connectivity index (χ1v) is 9.09. The molecule has 3 rings (SSSR count). The van der Waals surface area contributed by atoms with Crippen molar-refractivity contribution in [2.45, 2.75) is 24.4 Å². The summed E-state index contributed by atoms with van der Waals surface area (Å²) in [6, 6.07) is 16.7. The first kappa shape index (κ1) is 20.7. The van der Waals surface area contributed by atoms with Crippen molar-refractivity contribution in [2.75, 3.05) is 13.7 Å². The molecule has 0 bridgehead atoms. The highest BCUT2D eigenvalue weighted by molar-refractivity contribution is 5.90. The van der Waals surface area contributed by atoms with E-state index in [1.165, 1.54) is 13.2 Å². The van der Waals surface area contributed by atoms with Gasteiger partial charge in [-0.15, -0.1) is 0 Å². The fraction of sp³-hybridized carbons (Fsp3) is 0.273. The molecule has 29 heavy (non-hydrogen) atoms. The zero-order valence-corrected chi connectivity index (χ0v) is 15.8. The Morgan fingerprint density at radius 1 is 0.897 bits per heavy atom. The van der Waals surface area contributed by atoms with Gasteiger partial charge in [0.25, 0.3) is 0 Å². The molecule has 0 saturated carbocycles. The van der Waals surface area contributed by atoms with Crippen LogP contribution in [0.4, 0.5) is 0 Å². The number of aliphatic hydroxyl groups is 2. The summed E-state index contributed by atoms with van der Waals surface area (Å²) in [7, 11) is 1.38. The fourth-order valence-corrected chi connectivity index (χ4v) is 3.04. The van der Waals surface area contributed by atoms with Crippen LogP contribution in [0.1, 0.15) is 20.7 Å². The van der Waals surface area contributed by atoms with Crippen LogP contribution in [-0.4, -0.2) is 60.3 Å². The number of hydrogen-bond donors (Lipinski definition) is 2. The van der Waals surface area contributed by atoms with Gasteiger partial charge in [0.05, 0.1) is 11.1 Å². The summed E-state index contributed by atoms with van der Waals surface area (Å²) in [5.74, 6) is -1.25. The Morgan fingerprint density at radius 2 is 1.45 bits per heavy atom. The summed E-state index contributed by atoms with van der Waals surface area (Å²) in [4.78, 5) is 24.5. The minimum atomic E-state index is -1.35. The average molecular weight is 398 g/mol. The van der Waals surface area contributed by atoms with Gasteiger partial charge in [0.2, 0.25) is 0 Å². The molecule has 4 atom stereocenters. The topological polar surface area (TPSA) is 102 Å². The van der Waals surface area contributed by atoms with Crippen LogP contribution in [-0.2, 0) is 14.2 Å². The van der Waals surface area contributed by atoms with Gasteiger partial charge in [-0.3, -0.25) is 0 Å². The molecule has 1 aliphatic rings. The second-order valence-electron chi connectivity index (χ2n) is 6.56. The van der Waals surface area contributed by atoms with Crippen LogP contribution in [0.2, 0.25) is 0 Å². The number of ether oxygens (including phenoxy) is 3. The predicted molar refractivity (Wildman–Crippen MR) is 103 cm³/mol. The van der Waals surface area contributed by atoms with Gasteiger partial charge in [-0.25, -0.2) is 9.59 Å². The Labute approximate surface area is 168 Å². The third-order valence-corrected chi connectivity index (χ3v) is 4.65. The van der Waals surface area contributed by atoms with Crippen molar-refractivity contribution in [3.05, 3.63) is 83.4 Å². The second-order valence-corrected chi connectivity index (χ2v) is 6.56. The Kier molecular flexibility index (Phi) is 6.77. The molecule has 7 nitrogen and oxygen atoms in total. The fourth-order valence-electron chi connectivity index (χ4n) is 3.04. The molecule has 0 spiro atoms. The van der Waals surface area contributed by atoms with Gasteiger partial charge in [-0.1, -0.05) is 36.4 Å². The van der Waals surface area contributed by atoms with Gasteiger partial charge in [0.15, 0.2) is 6.10 Å². The molecule has 0 fully saturated rings. The van der Waals surface area contributed by atoms with Crippen LogP contribution >= 0.6 is 0 Å². The van der Waals surface area contributed by atoms with E-state index in [1.807, 2.05) is 0 Å². The van der Waals surface area contributed by atoms with E-state index >= 15 is 0 Å². The number of carbonyl (C=O) groups excluding carboxylic acids is 2. The molecule has 0 heterocycles. The summed E-state index contributed by atoms with van der Waals surface area (Å²) in [5.41, 5.74) is 0.929. The molecule has 0 unspecified atom stereocenters. The highest BCUT2D eigenvalue weighted by Crippen LogP contribution is 2.26. The van der Waals surface area contributed by atoms with Gasteiger partial charge in [-0.2, -0.15) is 0 Å². The van der Waals surface area contributed by atoms with E-state index in [4.69, 9.17) is 14.2 Å². The van der Waals surface area contributed by atoms with Crippen LogP contribution < -0.4 is 0 Å². The summed E-state index contributed by atoms with van der Waals surface area (Å²) >= 11 is 0. The van der Waals surface area contributed by atoms with E-state index < -0.39 is 36.4 Å². The van der Waals surface area contributed by atoms with E-state index in [9.17, 15) is 19.8 Å². The van der Waals surface area contributed by atoms with Crippen molar-refractivity contribution < 1.29 is 34.0 Å². The smallest absolute Gasteiger partial charge is 0.338 e. The van der Waals surface area contributed by atoms with Crippen molar-refractivity contribution in [3.63, 3.8) is 0 Å². The van der Waals surface area contributed by atoms with E-state index in [2.05, 4.69) is 0 Å². The third kappa shape index (κ3) is 4.89. The molecule has 2 aromatic rings. The number of benzene rings is 2. The lowest BCUT2D eigenvalue weighted by atomic mass is 9.89. The highest BCUT2D eigenvalue weighted by Gasteiger charge is 2.41. The van der Waals surface area contributed by atoms with Crippen molar-refractivity contribution in [1.29, 1.82) is 0 Å². The summed E-state index contributed by atoms with van der Waals surface area (Å²) < 4.78 is 15.8. The third-order valence-electron chi connectivity index (χ3n) is 4.65. The van der Waals surface area contributed by atoms with Crippen molar-refractivity contribution in [3.8, 4) is 0 Å². The van der Waals surface area contributed by atoms with Crippen molar-refractivity contribution >= 4 is 11.9 Å². The van der Waals surface area contributed by atoms with Crippen LogP contribution in [0.5, 0.6) is 0 Å². The molecular formula is C22H22O7. The van der Waals surface area contributed by atoms with Crippen LogP contribution in [0.25, 0.3) is 0 Å². The lowest BCUT2D eigenvalue weighted by molar-refractivity contribution is -0.111. The van der Waals surface area contributed by atoms with E-state index in [-0.39, 0.29) is 17.7 Å². The molecule has 0 amide bonds. The first-order chi connectivity index (χ1) is 14.0. The first-order valence-electron chi connectivity index (χ1n) is 9.09. The maximum Gasteiger partial charge on any atom is 0.338 e. The molecule has 2 aromatic carbocycles. The monoisotopic (exact) mass is 398 g/mol. The Hall–Kier alpha value is -3.00. The standard InChI is InChI=1S/C22H22O7/c1-27-17-12-16(13-28-21(25)14-8-4-2-5-9-14)18(23)20(19(17)24)29-22(26)15-10-6-3-7-11-15/h2-12,17-20,23-24H,13H2,1H3/t17-,18-,19+,20+/m0/s1. The van der Waals surface area contributed by atoms with Crippen LogP contribution in [0.3, 0.4) is 0 Å². The Balaban J connectivity index is 1.72. The number of rotatable bonds is 6. The van der Waals surface area contributed by atoms with Gasteiger partial charge in [-0.05, 0) is 35.9 Å². The molecule has 2 N–H and O–H groups in total. The Bertz CT molecular complexity index is 863. The molecular weight excluding hydrogens is 376 g/mol. The van der Waals surface area contributed by atoms with Crippen LogP contribution in [0, 0.1) is 0 Å². The van der Waals surface area contributed by atoms with Gasteiger partial charge >= 0.3 is 11.9 Å². The predicted octanol–water partition coefficient (Wildman–Crippen LogP) is 1.75. The SMILES string of the molecule is CO[C@H]1C=C(COC(=O)c2ccccc2)[C@H](O)[C@@H](OC(=O)c2ccccc2)[C@@H]1O. The van der Waals surface area contributed by atoms with E-state index in [1.54, 1.807) is 60.7 Å². The number of esters is 2. The van der Waals surface area contributed by atoms with Gasteiger partial charge < -0.3 is 24.4 Å². The zero-order chi connectivity index (χ0) is 20.8. The number of carbonyl (C=O) groups is 2.